The van der Waals surface area contributed by atoms with Crippen molar-refractivity contribution < 1.29 is 4.79 Å². The van der Waals surface area contributed by atoms with Gasteiger partial charge in [-0.05, 0) is 19.9 Å². The number of hydrogen-bond donors (Lipinski definition) is 3. The van der Waals surface area contributed by atoms with Crippen LogP contribution in [0.2, 0.25) is 0 Å². The van der Waals surface area contributed by atoms with Crippen LogP contribution in [0.25, 0.3) is 0 Å². The highest BCUT2D eigenvalue weighted by Crippen LogP contribution is 1.99. The Morgan fingerprint density at radius 3 is 3.07 bits per heavy atom. The summed E-state index contributed by atoms with van der Waals surface area (Å²) in [5, 5.41) is 12.5. The smallest absolute Gasteiger partial charge is 0.291 e. The van der Waals surface area contributed by atoms with Crippen LogP contribution < -0.4 is 10.6 Å². The zero-order valence-electron chi connectivity index (χ0n) is 8.00. The molecule has 0 saturated carbocycles. The van der Waals surface area contributed by atoms with E-state index in [9.17, 15) is 4.79 Å². The fraction of sp³-hybridized carbons (Fsp3) is 0.625. The zero-order chi connectivity index (χ0) is 9.97. The maximum Gasteiger partial charge on any atom is 0.291 e. The van der Waals surface area contributed by atoms with Gasteiger partial charge in [0.2, 0.25) is 5.82 Å². The minimum absolute atomic E-state index is 0.206. The predicted molar refractivity (Wildman–Crippen MR) is 49.9 cm³/mol. The lowest BCUT2D eigenvalue weighted by Crippen LogP contribution is -2.36. The van der Waals surface area contributed by atoms with Gasteiger partial charge in [-0.3, -0.25) is 9.89 Å². The Balaban J connectivity index is 1.95. The van der Waals surface area contributed by atoms with E-state index in [1.165, 1.54) is 0 Å². The quantitative estimate of drug-likeness (QED) is 0.577. The molecule has 2 heterocycles. The van der Waals surface area contributed by atoms with Gasteiger partial charge in [-0.25, -0.2) is 4.98 Å². The number of amides is 1. The van der Waals surface area contributed by atoms with E-state index in [1.54, 1.807) is 6.92 Å². The van der Waals surface area contributed by atoms with E-state index in [1.807, 2.05) is 0 Å². The van der Waals surface area contributed by atoms with E-state index in [2.05, 4.69) is 25.8 Å². The molecule has 3 N–H and O–H groups in total. The fourth-order valence-corrected chi connectivity index (χ4v) is 1.47. The zero-order valence-corrected chi connectivity index (χ0v) is 8.00. The van der Waals surface area contributed by atoms with Crippen molar-refractivity contribution in [2.75, 3.05) is 13.1 Å². The number of nitrogens with one attached hydrogen (secondary N) is 3. The molecule has 1 saturated heterocycles. The lowest BCUT2D eigenvalue weighted by atomic mass is 10.2. The number of H-pyrrole nitrogens is 1. The van der Waals surface area contributed by atoms with E-state index < -0.39 is 0 Å². The van der Waals surface area contributed by atoms with Gasteiger partial charge in [0.1, 0.15) is 5.82 Å². The number of hydrogen-bond acceptors (Lipinski definition) is 4. The Morgan fingerprint density at radius 2 is 2.50 bits per heavy atom. The molecule has 1 amide bonds. The molecular weight excluding hydrogens is 182 g/mol. The van der Waals surface area contributed by atoms with Crippen molar-refractivity contribution in [3.8, 4) is 0 Å². The summed E-state index contributed by atoms with van der Waals surface area (Å²) >= 11 is 0. The molecule has 1 aromatic rings. The van der Waals surface area contributed by atoms with Gasteiger partial charge in [0.15, 0.2) is 0 Å². The number of carbonyl (C=O) groups is 1. The van der Waals surface area contributed by atoms with Gasteiger partial charge in [0.25, 0.3) is 5.91 Å². The summed E-state index contributed by atoms with van der Waals surface area (Å²) in [6.45, 7) is 3.55. The number of nitrogens with zero attached hydrogens (tertiary/aromatic N) is 2. The number of aromatic amines is 1. The van der Waals surface area contributed by atoms with Crippen molar-refractivity contribution in [2.24, 2.45) is 0 Å². The van der Waals surface area contributed by atoms with Crippen LogP contribution >= 0.6 is 0 Å². The van der Waals surface area contributed by atoms with Crippen LogP contribution in [0.5, 0.6) is 0 Å². The van der Waals surface area contributed by atoms with Gasteiger partial charge in [0, 0.05) is 12.6 Å². The molecule has 0 radical (unpaired) electrons. The average molecular weight is 195 g/mol. The maximum absolute atomic E-state index is 11.5. The lowest BCUT2D eigenvalue weighted by molar-refractivity contribution is 0.0930. The Bertz CT molecular complexity index is 328. The average Bonchev–Trinajstić information content (AvgIpc) is 2.75. The highest BCUT2D eigenvalue weighted by molar-refractivity contribution is 5.90. The van der Waals surface area contributed by atoms with Gasteiger partial charge in [0.05, 0.1) is 0 Å². The molecule has 6 heteroatoms. The molecule has 1 fully saturated rings. The molecular formula is C8H13N5O. The SMILES string of the molecule is Cc1nc(C(=O)NC2CCNC2)n[nH]1. The maximum atomic E-state index is 11.5. The summed E-state index contributed by atoms with van der Waals surface area (Å²) in [6, 6.07) is 0.210. The highest BCUT2D eigenvalue weighted by Gasteiger charge is 2.19. The first-order valence-electron chi connectivity index (χ1n) is 4.66. The van der Waals surface area contributed by atoms with Crippen molar-refractivity contribution >= 4 is 5.91 Å². The third-order valence-electron chi connectivity index (χ3n) is 2.20. The monoisotopic (exact) mass is 195 g/mol. The second kappa shape index (κ2) is 3.75. The summed E-state index contributed by atoms with van der Waals surface area (Å²) in [5.74, 6) is 0.664. The van der Waals surface area contributed by atoms with Crippen molar-refractivity contribution in [3.05, 3.63) is 11.6 Å². The Hall–Kier alpha value is -1.43. The third-order valence-corrected chi connectivity index (χ3v) is 2.20. The summed E-state index contributed by atoms with van der Waals surface area (Å²) in [6.07, 6.45) is 0.967. The normalized spacial score (nSPS) is 21.1. The summed E-state index contributed by atoms with van der Waals surface area (Å²) in [4.78, 5) is 15.5. The largest absolute Gasteiger partial charge is 0.345 e. The molecule has 1 aromatic heterocycles. The minimum Gasteiger partial charge on any atom is -0.345 e. The topological polar surface area (TPSA) is 82.7 Å². The van der Waals surface area contributed by atoms with Crippen molar-refractivity contribution in [1.29, 1.82) is 0 Å². The highest BCUT2D eigenvalue weighted by atomic mass is 16.2. The van der Waals surface area contributed by atoms with E-state index >= 15 is 0 Å². The molecule has 1 atom stereocenters. The van der Waals surface area contributed by atoms with Crippen molar-refractivity contribution in [1.82, 2.24) is 25.8 Å². The van der Waals surface area contributed by atoms with Crippen LogP contribution in [0.3, 0.4) is 0 Å². The Kier molecular flexibility index (Phi) is 2.45. The van der Waals surface area contributed by atoms with Crippen molar-refractivity contribution in [2.45, 2.75) is 19.4 Å². The second-order valence-corrected chi connectivity index (χ2v) is 3.41. The first-order valence-corrected chi connectivity index (χ1v) is 4.66. The standard InChI is InChI=1S/C8H13N5O/c1-5-10-7(13-12-5)8(14)11-6-2-3-9-4-6/h6,9H,2-4H2,1H3,(H,11,14)(H,10,12,13). The number of aryl methyl sites for hydroxylation is 1. The lowest BCUT2D eigenvalue weighted by Gasteiger charge is -2.08. The third kappa shape index (κ3) is 1.90. The molecule has 1 unspecified atom stereocenters. The summed E-state index contributed by atoms with van der Waals surface area (Å²) < 4.78 is 0. The molecule has 0 spiro atoms. The summed E-state index contributed by atoms with van der Waals surface area (Å²) in [7, 11) is 0. The fourth-order valence-electron chi connectivity index (χ4n) is 1.47. The summed E-state index contributed by atoms with van der Waals surface area (Å²) in [5.41, 5.74) is 0. The van der Waals surface area contributed by atoms with Crippen LogP contribution in [0, 0.1) is 6.92 Å². The van der Waals surface area contributed by atoms with Gasteiger partial charge >= 0.3 is 0 Å². The van der Waals surface area contributed by atoms with Crippen LogP contribution in [0.15, 0.2) is 0 Å². The van der Waals surface area contributed by atoms with E-state index in [0.29, 0.717) is 5.82 Å². The van der Waals surface area contributed by atoms with Crippen LogP contribution in [-0.2, 0) is 0 Å². The van der Waals surface area contributed by atoms with Gasteiger partial charge in [-0.2, -0.15) is 0 Å². The molecule has 76 valence electrons. The van der Waals surface area contributed by atoms with Gasteiger partial charge in [-0.1, -0.05) is 0 Å². The number of rotatable bonds is 2. The van der Waals surface area contributed by atoms with E-state index in [0.717, 1.165) is 19.5 Å². The predicted octanol–water partition coefficient (Wildman–Crippen LogP) is -0.795. The second-order valence-electron chi connectivity index (χ2n) is 3.41. The van der Waals surface area contributed by atoms with Crippen LogP contribution in [-0.4, -0.2) is 40.2 Å². The Labute approximate surface area is 81.5 Å². The molecule has 0 aliphatic carbocycles. The first-order chi connectivity index (χ1) is 6.75. The van der Waals surface area contributed by atoms with E-state index in [-0.39, 0.29) is 17.8 Å². The van der Waals surface area contributed by atoms with Crippen LogP contribution in [0.4, 0.5) is 0 Å². The minimum atomic E-state index is -0.206. The molecule has 0 aromatic carbocycles. The number of aromatic nitrogens is 3. The van der Waals surface area contributed by atoms with Gasteiger partial charge in [-0.15, -0.1) is 5.10 Å². The van der Waals surface area contributed by atoms with E-state index in [4.69, 9.17) is 0 Å². The molecule has 6 nitrogen and oxygen atoms in total. The van der Waals surface area contributed by atoms with Crippen LogP contribution in [0.1, 0.15) is 22.9 Å². The molecule has 14 heavy (non-hydrogen) atoms. The molecule has 1 aliphatic heterocycles. The van der Waals surface area contributed by atoms with Crippen molar-refractivity contribution in [3.63, 3.8) is 0 Å². The first kappa shape index (κ1) is 9.14. The molecule has 2 rings (SSSR count). The number of carbonyl (C=O) groups excluding carboxylic acids is 1. The molecule has 0 bridgehead atoms. The van der Waals surface area contributed by atoms with Gasteiger partial charge < -0.3 is 10.6 Å². The molecule has 1 aliphatic rings. The Morgan fingerprint density at radius 1 is 1.64 bits per heavy atom.